The van der Waals surface area contributed by atoms with E-state index < -0.39 is 35.8 Å². The average molecular weight is 624 g/mol. The van der Waals surface area contributed by atoms with Gasteiger partial charge in [0.15, 0.2) is 6.04 Å². The molecule has 40 heavy (non-hydrogen) atoms. The number of nitrogens with zero attached hydrogens (tertiary/aromatic N) is 2. The number of imide groups is 1. The summed E-state index contributed by atoms with van der Waals surface area (Å²) in [5.74, 6) is -3.59. The normalized spacial score (nSPS) is 13.3. The predicted octanol–water partition coefficient (Wildman–Crippen LogP) is 7.22. The van der Waals surface area contributed by atoms with Crippen LogP contribution in [0.1, 0.15) is 45.7 Å². The van der Waals surface area contributed by atoms with Crippen molar-refractivity contribution in [1.29, 1.82) is 0 Å². The summed E-state index contributed by atoms with van der Waals surface area (Å²) in [6.07, 6.45) is -1.15. The third kappa shape index (κ3) is 5.76. The Morgan fingerprint density at radius 3 is 1.57 bits per heavy atom. The molecule has 12 heteroatoms. The monoisotopic (exact) mass is 622 g/mol. The Labute approximate surface area is 250 Å². The van der Waals surface area contributed by atoms with Gasteiger partial charge in [0.1, 0.15) is 13.2 Å². The van der Waals surface area contributed by atoms with E-state index in [2.05, 4.69) is 0 Å². The van der Waals surface area contributed by atoms with Gasteiger partial charge in [-0.3, -0.25) is 9.59 Å². The third-order valence-corrected chi connectivity index (χ3v) is 7.85. The number of fused-ring (bicyclic) bond motifs is 1. The zero-order valence-electron chi connectivity index (χ0n) is 21.2. The number of hydrazine groups is 1. The lowest BCUT2D eigenvalue weighted by atomic mass is 10.0. The first-order valence-corrected chi connectivity index (χ1v) is 13.5. The highest BCUT2D eigenvalue weighted by Crippen LogP contribution is 2.45. The van der Waals surface area contributed by atoms with Gasteiger partial charge >= 0.3 is 12.1 Å². The predicted molar refractivity (Wildman–Crippen MR) is 150 cm³/mol. The van der Waals surface area contributed by atoms with Crippen LogP contribution >= 0.6 is 46.4 Å². The van der Waals surface area contributed by atoms with E-state index in [1.807, 2.05) is 6.07 Å². The van der Waals surface area contributed by atoms with Crippen molar-refractivity contribution >= 4 is 70.3 Å². The summed E-state index contributed by atoms with van der Waals surface area (Å²) >= 11 is 24.9. The molecule has 1 unspecified atom stereocenters. The van der Waals surface area contributed by atoms with Gasteiger partial charge < -0.3 is 9.47 Å². The second-order valence-corrected chi connectivity index (χ2v) is 10.6. The maximum atomic E-state index is 13.7. The number of hydrogen-bond donors (Lipinski definition) is 0. The van der Waals surface area contributed by atoms with Crippen molar-refractivity contribution in [2.45, 2.75) is 33.1 Å². The van der Waals surface area contributed by atoms with Crippen LogP contribution in [0, 0.1) is 5.92 Å². The van der Waals surface area contributed by atoms with Crippen molar-refractivity contribution in [2.75, 3.05) is 0 Å². The van der Waals surface area contributed by atoms with Crippen LogP contribution in [-0.4, -0.2) is 39.9 Å². The fourth-order valence-electron chi connectivity index (χ4n) is 4.11. The van der Waals surface area contributed by atoms with Crippen LogP contribution in [0.25, 0.3) is 0 Å². The van der Waals surface area contributed by atoms with E-state index in [0.29, 0.717) is 21.1 Å². The van der Waals surface area contributed by atoms with Crippen LogP contribution < -0.4 is 0 Å². The molecular weight excluding hydrogens is 602 g/mol. The van der Waals surface area contributed by atoms with Crippen LogP contribution in [0.2, 0.25) is 20.1 Å². The minimum absolute atomic E-state index is 0.110. The van der Waals surface area contributed by atoms with Gasteiger partial charge in [0.05, 0.1) is 31.2 Å². The Morgan fingerprint density at radius 2 is 1.15 bits per heavy atom. The van der Waals surface area contributed by atoms with Crippen molar-refractivity contribution in [3.63, 3.8) is 0 Å². The summed E-state index contributed by atoms with van der Waals surface area (Å²) in [4.78, 5) is 54.4. The molecule has 0 spiro atoms. The van der Waals surface area contributed by atoms with Crippen LogP contribution in [-0.2, 0) is 27.5 Å². The minimum Gasteiger partial charge on any atom is -0.459 e. The smallest absolute Gasteiger partial charge is 0.430 e. The molecule has 4 rings (SSSR count). The Bertz CT molecular complexity index is 1420. The fraction of sp³-hybridized carbons (Fsp3) is 0.214. The second-order valence-electron chi connectivity index (χ2n) is 9.09. The molecule has 0 aliphatic carbocycles. The summed E-state index contributed by atoms with van der Waals surface area (Å²) in [6.45, 7) is 2.93. The molecule has 0 saturated carbocycles. The maximum Gasteiger partial charge on any atom is 0.430 e. The second kappa shape index (κ2) is 12.5. The number of ether oxygens (including phenoxy) is 2. The molecule has 1 aliphatic heterocycles. The quantitative estimate of drug-likeness (QED) is 0.114. The molecule has 8 nitrogen and oxygen atoms in total. The number of rotatable bonds is 8. The summed E-state index contributed by atoms with van der Waals surface area (Å²) in [5, 5.41) is -0.0156. The lowest BCUT2D eigenvalue weighted by Gasteiger charge is -2.36. The molecule has 3 amide bonds. The maximum absolute atomic E-state index is 13.7. The zero-order chi connectivity index (χ0) is 29.1. The van der Waals surface area contributed by atoms with Gasteiger partial charge in [-0.15, -0.1) is 0 Å². The summed E-state index contributed by atoms with van der Waals surface area (Å²) < 4.78 is 11.0. The highest BCUT2D eigenvalue weighted by molar-refractivity contribution is 6.55. The SMILES string of the molecule is CC(C)C(C(=O)OCc1ccccc1)N(C(=O)OCc1ccccc1)N1C(=O)c2c(Cl)c(Cl)c(Cl)c(Cl)c2C1=O. The topological polar surface area (TPSA) is 93.2 Å². The van der Waals surface area contributed by atoms with Gasteiger partial charge in [0.2, 0.25) is 0 Å². The zero-order valence-corrected chi connectivity index (χ0v) is 24.2. The van der Waals surface area contributed by atoms with Crippen LogP contribution in [0.4, 0.5) is 4.79 Å². The van der Waals surface area contributed by atoms with Crippen LogP contribution in [0.15, 0.2) is 60.7 Å². The van der Waals surface area contributed by atoms with Crippen molar-refractivity contribution in [2.24, 2.45) is 5.92 Å². The van der Waals surface area contributed by atoms with Gasteiger partial charge in [0, 0.05) is 0 Å². The van der Waals surface area contributed by atoms with Crippen LogP contribution in [0.3, 0.4) is 0 Å². The van der Waals surface area contributed by atoms with Gasteiger partial charge in [0.25, 0.3) is 11.8 Å². The lowest BCUT2D eigenvalue weighted by Crippen LogP contribution is -2.59. The summed E-state index contributed by atoms with van der Waals surface area (Å²) in [7, 11) is 0. The molecule has 0 bridgehead atoms. The summed E-state index contributed by atoms with van der Waals surface area (Å²) in [5.41, 5.74) is 0.620. The van der Waals surface area contributed by atoms with Crippen molar-refractivity contribution < 1.29 is 28.7 Å². The highest BCUT2D eigenvalue weighted by atomic mass is 35.5. The Kier molecular flexibility index (Phi) is 9.26. The average Bonchev–Trinajstić information content (AvgIpc) is 3.21. The number of carbonyl (C=O) groups is 4. The van der Waals surface area contributed by atoms with E-state index in [1.165, 1.54) is 0 Å². The molecule has 0 aromatic heterocycles. The van der Waals surface area contributed by atoms with E-state index in [9.17, 15) is 19.2 Å². The van der Waals surface area contributed by atoms with Gasteiger partial charge in [-0.25, -0.2) is 9.59 Å². The number of halogens is 4. The first-order valence-electron chi connectivity index (χ1n) is 12.0. The van der Waals surface area contributed by atoms with Gasteiger partial charge in [-0.05, 0) is 17.0 Å². The first kappa shape index (κ1) is 29.7. The van der Waals surface area contributed by atoms with E-state index in [-0.39, 0.29) is 44.4 Å². The molecule has 0 saturated heterocycles. The number of benzene rings is 3. The molecule has 0 N–H and O–H groups in total. The first-order chi connectivity index (χ1) is 19.0. The van der Waals surface area contributed by atoms with Crippen molar-refractivity contribution in [1.82, 2.24) is 10.0 Å². The van der Waals surface area contributed by atoms with Gasteiger partial charge in [-0.1, -0.05) is 121 Å². The Balaban J connectivity index is 1.74. The largest absolute Gasteiger partial charge is 0.459 e. The van der Waals surface area contributed by atoms with Crippen LogP contribution in [0.5, 0.6) is 0 Å². The van der Waals surface area contributed by atoms with Crippen molar-refractivity contribution in [3.05, 3.63) is 103 Å². The van der Waals surface area contributed by atoms with Gasteiger partial charge in [-0.2, -0.15) is 10.0 Å². The van der Waals surface area contributed by atoms with E-state index in [0.717, 1.165) is 0 Å². The molecule has 1 heterocycles. The molecule has 0 fully saturated rings. The molecular formula is C28H22Cl4N2O6. The standard InChI is InChI=1S/C28H22Cl4N2O6/c1-15(2)24(27(37)39-13-16-9-5-3-6-10-16)33(28(38)40-14-17-11-7-4-8-12-17)34-25(35)18-19(26(34)36)21(30)23(32)22(31)20(18)29/h3-12,15,24H,13-14H2,1-2H3. The van der Waals surface area contributed by atoms with E-state index in [1.54, 1.807) is 68.4 Å². The number of amides is 3. The van der Waals surface area contributed by atoms with Crippen molar-refractivity contribution in [3.8, 4) is 0 Å². The number of esters is 1. The number of hydrogen-bond acceptors (Lipinski definition) is 6. The Morgan fingerprint density at radius 1 is 0.725 bits per heavy atom. The molecule has 0 radical (unpaired) electrons. The number of carbonyl (C=O) groups excluding carboxylic acids is 4. The molecule has 1 aliphatic rings. The summed E-state index contributed by atoms with van der Waals surface area (Å²) in [6, 6.07) is 16.1. The minimum atomic E-state index is -1.46. The Hall–Kier alpha value is -3.30. The molecule has 208 valence electrons. The molecule has 3 aromatic carbocycles. The highest BCUT2D eigenvalue weighted by Gasteiger charge is 2.50. The third-order valence-electron chi connectivity index (χ3n) is 6.05. The lowest BCUT2D eigenvalue weighted by molar-refractivity contribution is -0.157. The fourth-order valence-corrected chi connectivity index (χ4v) is 5.12. The van der Waals surface area contributed by atoms with E-state index in [4.69, 9.17) is 55.9 Å². The van der Waals surface area contributed by atoms with E-state index >= 15 is 0 Å². The molecule has 3 aromatic rings. The molecule has 1 atom stereocenters.